The zero-order valence-electron chi connectivity index (χ0n) is 16.5. The maximum Gasteiger partial charge on any atom is 0.173 e. The summed E-state index contributed by atoms with van der Waals surface area (Å²) in [5.41, 5.74) is 0. The van der Waals surface area contributed by atoms with Crippen LogP contribution in [-0.4, -0.2) is 64.2 Å². The van der Waals surface area contributed by atoms with E-state index < -0.39 is 37.3 Å². The number of unbranched alkanes of at least 4 members (excludes halogenated alkanes) is 11. The molecule has 1 aliphatic rings. The van der Waals surface area contributed by atoms with Gasteiger partial charge in [0.15, 0.2) is 6.29 Å². The molecule has 0 aliphatic carbocycles. The molecule has 1 aliphatic heterocycles. The quantitative estimate of drug-likeness (QED) is 0.281. The molecule has 0 spiro atoms. The lowest BCUT2D eigenvalue weighted by molar-refractivity contribution is -0.254. The molecular formula is C20H41NO5. The summed E-state index contributed by atoms with van der Waals surface area (Å²) >= 11 is 0. The van der Waals surface area contributed by atoms with Crippen LogP contribution in [0.3, 0.4) is 0 Å². The van der Waals surface area contributed by atoms with Gasteiger partial charge in [-0.3, -0.25) is 0 Å². The number of aliphatic hydroxyl groups is 4. The number of hydrogen-bond donors (Lipinski definition) is 5. The van der Waals surface area contributed by atoms with Gasteiger partial charge in [-0.2, -0.15) is 0 Å². The van der Waals surface area contributed by atoms with E-state index in [2.05, 4.69) is 12.2 Å². The summed E-state index contributed by atoms with van der Waals surface area (Å²) in [5, 5.41) is 41.9. The van der Waals surface area contributed by atoms with Crippen LogP contribution in [0.15, 0.2) is 0 Å². The van der Waals surface area contributed by atoms with Crippen molar-refractivity contribution in [2.24, 2.45) is 0 Å². The summed E-state index contributed by atoms with van der Waals surface area (Å²) < 4.78 is 5.13. The summed E-state index contributed by atoms with van der Waals surface area (Å²) in [6.45, 7) is 2.48. The third kappa shape index (κ3) is 9.11. The standard InChI is InChI=1S/C20H41NO5/c1-2-3-4-5-6-7-8-9-10-11-12-13-14-21-17-19(24)18(23)16(15-22)26-20(17)25/h16-25H,2-15H2,1H3/t16-,17-,18-,19-,20?/m1/s1. The molecule has 1 heterocycles. The van der Waals surface area contributed by atoms with Crippen molar-refractivity contribution in [3.63, 3.8) is 0 Å². The largest absolute Gasteiger partial charge is 0.394 e. The molecule has 6 heteroatoms. The highest BCUT2D eigenvalue weighted by Crippen LogP contribution is 2.20. The van der Waals surface area contributed by atoms with Crippen LogP contribution in [0, 0.1) is 0 Å². The Hall–Kier alpha value is -0.240. The summed E-state index contributed by atoms with van der Waals surface area (Å²) in [4.78, 5) is 0. The highest BCUT2D eigenvalue weighted by Gasteiger charge is 2.43. The van der Waals surface area contributed by atoms with Gasteiger partial charge in [0, 0.05) is 0 Å². The van der Waals surface area contributed by atoms with Crippen LogP contribution in [0.1, 0.15) is 84.0 Å². The van der Waals surface area contributed by atoms with Gasteiger partial charge in [-0.05, 0) is 13.0 Å². The summed E-state index contributed by atoms with van der Waals surface area (Å²) in [6.07, 6.45) is 10.9. The number of nitrogens with one attached hydrogen (secondary N) is 1. The van der Waals surface area contributed by atoms with Crippen LogP contribution >= 0.6 is 0 Å². The molecule has 0 aromatic rings. The van der Waals surface area contributed by atoms with Crippen molar-refractivity contribution >= 4 is 0 Å². The van der Waals surface area contributed by atoms with Crippen LogP contribution in [0.4, 0.5) is 0 Å². The van der Waals surface area contributed by atoms with E-state index in [4.69, 9.17) is 9.84 Å². The van der Waals surface area contributed by atoms with Crippen LogP contribution < -0.4 is 5.32 Å². The first-order chi connectivity index (χ1) is 12.6. The van der Waals surface area contributed by atoms with Gasteiger partial charge >= 0.3 is 0 Å². The molecular weight excluding hydrogens is 334 g/mol. The minimum Gasteiger partial charge on any atom is -0.394 e. The van der Waals surface area contributed by atoms with E-state index in [1.165, 1.54) is 64.2 Å². The van der Waals surface area contributed by atoms with E-state index in [1.807, 2.05) is 0 Å². The summed E-state index contributed by atoms with van der Waals surface area (Å²) in [6, 6.07) is -0.722. The van der Waals surface area contributed by atoms with Gasteiger partial charge in [-0.15, -0.1) is 0 Å². The van der Waals surface area contributed by atoms with Crippen LogP contribution in [0.25, 0.3) is 0 Å². The van der Waals surface area contributed by atoms with E-state index in [9.17, 15) is 15.3 Å². The van der Waals surface area contributed by atoms with Gasteiger partial charge < -0.3 is 30.5 Å². The Morgan fingerprint density at radius 3 is 1.73 bits per heavy atom. The lowest BCUT2D eigenvalue weighted by Gasteiger charge is -2.40. The molecule has 0 saturated carbocycles. The normalized spacial score (nSPS) is 29.2. The first-order valence-corrected chi connectivity index (χ1v) is 10.7. The molecule has 0 aromatic carbocycles. The van der Waals surface area contributed by atoms with Crippen molar-refractivity contribution in [1.29, 1.82) is 0 Å². The number of ether oxygens (including phenoxy) is 1. The third-order valence-corrected chi connectivity index (χ3v) is 5.31. The molecule has 0 amide bonds. The van der Waals surface area contributed by atoms with Gasteiger partial charge in [-0.25, -0.2) is 0 Å². The molecule has 0 aromatic heterocycles. The molecule has 0 radical (unpaired) electrons. The average molecular weight is 376 g/mol. The number of aliphatic hydroxyl groups excluding tert-OH is 4. The fourth-order valence-electron chi connectivity index (χ4n) is 3.55. The Kier molecular flexibility index (Phi) is 13.5. The highest BCUT2D eigenvalue weighted by molar-refractivity contribution is 4.92. The second-order valence-electron chi connectivity index (χ2n) is 7.60. The van der Waals surface area contributed by atoms with Gasteiger partial charge in [0.25, 0.3) is 0 Å². The molecule has 26 heavy (non-hydrogen) atoms. The molecule has 5 N–H and O–H groups in total. The Labute approximate surface area is 159 Å². The molecule has 5 atom stereocenters. The second-order valence-corrected chi connectivity index (χ2v) is 7.60. The first-order valence-electron chi connectivity index (χ1n) is 10.7. The van der Waals surface area contributed by atoms with Gasteiger partial charge in [0.2, 0.25) is 0 Å². The van der Waals surface area contributed by atoms with E-state index in [-0.39, 0.29) is 0 Å². The van der Waals surface area contributed by atoms with Crippen molar-refractivity contribution in [3.05, 3.63) is 0 Å². The minimum absolute atomic E-state index is 0.430. The number of hydrogen-bond acceptors (Lipinski definition) is 6. The predicted octanol–water partition coefficient (Wildman–Crippen LogP) is 2.08. The number of rotatable bonds is 15. The molecule has 156 valence electrons. The van der Waals surface area contributed by atoms with Crippen LogP contribution in [0.2, 0.25) is 0 Å². The molecule has 1 fully saturated rings. The van der Waals surface area contributed by atoms with Crippen molar-refractivity contribution in [2.75, 3.05) is 13.2 Å². The van der Waals surface area contributed by atoms with E-state index in [0.717, 1.165) is 12.8 Å². The van der Waals surface area contributed by atoms with Gasteiger partial charge in [0.05, 0.1) is 12.6 Å². The highest BCUT2D eigenvalue weighted by atomic mass is 16.6. The zero-order valence-corrected chi connectivity index (χ0v) is 16.5. The monoisotopic (exact) mass is 375 g/mol. The van der Waals surface area contributed by atoms with Crippen molar-refractivity contribution in [2.45, 2.75) is 115 Å². The summed E-state index contributed by atoms with van der Waals surface area (Å²) in [5.74, 6) is 0. The Bertz CT molecular complexity index is 331. The Balaban J connectivity index is 1.96. The van der Waals surface area contributed by atoms with Crippen molar-refractivity contribution < 1.29 is 25.2 Å². The van der Waals surface area contributed by atoms with Crippen LogP contribution in [0.5, 0.6) is 0 Å². The fourth-order valence-corrected chi connectivity index (χ4v) is 3.55. The lowest BCUT2D eigenvalue weighted by Crippen LogP contribution is -2.63. The molecule has 1 unspecified atom stereocenters. The zero-order chi connectivity index (χ0) is 19.2. The smallest absolute Gasteiger partial charge is 0.173 e. The van der Waals surface area contributed by atoms with Gasteiger partial charge in [-0.1, -0.05) is 77.6 Å². The maximum absolute atomic E-state index is 10.0. The van der Waals surface area contributed by atoms with Crippen molar-refractivity contribution in [1.82, 2.24) is 5.32 Å². The maximum atomic E-state index is 10.0. The third-order valence-electron chi connectivity index (χ3n) is 5.31. The van der Waals surface area contributed by atoms with Crippen molar-refractivity contribution in [3.8, 4) is 0 Å². The second kappa shape index (κ2) is 14.8. The molecule has 6 nitrogen and oxygen atoms in total. The van der Waals surface area contributed by atoms with E-state index >= 15 is 0 Å². The first kappa shape index (κ1) is 23.8. The van der Waals surface area contributed by atoms with E-state index in [0.29, 0.717) is 6.54 Å². The predicted molar refractivity (Wildman–Crippen MR) is 103 cm³/mol. The Morgan fingerprint density at radius 2 is 1.23 bits per heavy atom. The molecule has 1 rings (SSSR count). The fraction of sp³-hybridized carbons (Fsp3) is 1.00. The topological polar surface area (TPSA) is 102 Å². The van der Waals surface area contributed by atoms with Gasteiger partial charge in [0.1, 0.15) is 18.3 Å². The molecule has 1 saturated heterocycles. The van der Waals surface area contributed by atoms with E-state index in [1.54, 1.807) is 0 Å². The average Bonchev–Trinajstić information content (AvgIpc) is 2.64. The minimum atomic E-state index is -1.22. The Morgan fingerprint density at radius 1 is 0.731 bits per heavy atom. The molecule has 0 bridgehead atoms. The summed E-state index contributed by atoms with van der Waals surface area (Å²) in [7, 11) is 0. The SMILES string of the molecule is CCCCCCCCCCCCCCN[C@H]1C(O)O[C@H](CO)[C@@H](O)[C@@H]1O. The lowest BCUT2D eigenvalue weighted by atomic mass is 9.97. The van der Waals surface area contributed by atoms with Crippen LogP contribution in [-0.2, 0) is 4.74 Å².